The molecule has 1 heterocycles. The van der Waals surface area contributed by atoms with E-state index in [-0.39, 0.29) is 27.9 Å². The Morgan fingerprint density at radius 1 is 1.03 bits per heavy atom. The fourth-order valence-corrected chi connectivity index (χ4v) is 6.53. The molecule has 0 spiro atoms. The molecule has 2 rings (SSSR count). The second-order valence-electron chi connectivity index (χ2n) is 9.88. The van der Waals surface area contributed by atoms with Crippen LogP contribution in [0.5, 0.6) is 5.75 Å². The Kier molecular flexibility index (Phi) is 7.79. The van der Waals surface area contributed by atoms with Gasteiger partial charge in [-0.3, -0.25) is 9.13 Å². The van der Waals surface area contributed by atoms with Crippen LogP contribution in [0.15, 0.2) is 35.2 Å². The van der Waals surface area contributed by atoms with E-state index in [1.165, 1.54) is 0 Å². The standard InChI is InChI=1S/C21H32N2O7P2S/c1-8-9-23-16(12-33-18(23)22-19(31(25,26)27)32(28,29)30)13-10-14(20(2,3)4)17(24)15(11-13)21(5,6)7/h8,10-12,19,24H,1,9H2,2-7H3,(H2,25,26,27)(H2,28,29,30)/b22-18-. The lowest BCUT2D eigenvalue weighted by Crippen LogP contribution is -2.20. The molecule has 12 heteroatoms. The van der Waals surface area contributed by atoms with E-state index >= 15 is 0 Å². The molecular weight excluding hydrogens is 486 g/mol. The van der Waals surface area contributed by atoms with Gasteiger partial charge in [0, 0.05) is 23.1 Å². The predicted molar refractivity (Wildman–Crippen MR) is 130 cm³/mol. The molecular formula is C21H32N2O7P2S. The van der Waals surface area contributed by atoms with Gasteiger partial charge in [-0.25, -0.2) is 4.99 Å². The van der Waals surface area contributed by atoms with Gasteiger partial charge in [-0.05, 0) is 28.5 Å². The zero-order chi connectivity index (χ0) is 25.6. The van der Waals surface area contributed by atoms with Crippen molar-refractivity contribution in [3.63, 3.8) is 0 Å². The Bertz CT molecular complexity index is 1150. The van der Waals surface area contributed by atoms with Crippen LogP contribution in [0.3, 0.4) is 0 Å². The van der Waals surface area contributed by atoms with Gasteiger partial charge in [0.05, 0.1) is 5.69 Å². The lowest BCUT2D eigenvalue weighted by molar-refractivity contribution is 0.339. The Morgan fingerprint density at radius 3 is 1.85 bits per heavy atom. The molecule has 0 bridgehead atoms. The molecule has 0 aliphatic heterocycles. The second-order valence-corrected chi connectivity index (χ2v) is 14.5. The zero-order valence-corrected chi connectivity index (χ0v) is 22.2. The van der Waals surface area contributed by atoms with E-state index in [0.717, 1.165) is 28.0 Å². The van der Waals surface area contributed by atoms with Crippen LogP contribution in [0.25, 0.3) is 11.3 Å². The number of aromatic hydroxyl groups is 1. The summed E-state index contributed by atoms with van der Waals surface area (Å²) in [7, 11) is -10.5. The average Bonchev–Trinajstić information content (AvgIpc) is 2.99. The summed E-state index contributed by atoms with van der Waals surface area (Å²) >= 11 is 1.00. The largest absolute Gasteiger partial charge is 0.507 e. The molecule has 0 radical (unpaired) electrons. The highest BCUT2D eigenvalue weighted by Crippen LogP contribution is 2.60. The molecule has 0 amide bonds. The minimum absolute atomic E-state index is 0.0317. The smallest absolute Gasteiger partial charge is 0.362 e. The number of hydrogen-bond acceptors (Lipinski definition) is 5. The van der Waals surface area contributed by atoms with Crippen molar-refractivity contribution in [1.82, 2.24) is 4.57 Å². The van der Waals surface area contributed by atoms with Gasteiger partial charge in [-0.15, -0.1) is 17.9 Å². The molecule has 9 nitrogen and oxygen atoms in total. The predicted octanol–water partition coefficient (Wildman–Crippen LogP) is 4.24. The number of rotatable bonds is 6. The van der Waals surface area contributed by atoms with Crippen molar-refractivity contribution < 1.29 is 33.8 Å². The van der Waals surface area contributed by atoms with E-state index in [1.54, 1.807) is 16.0 Å². The summed E-state index contributed by atoms with van der Waals surface area (Å²) < 4.78 is 25.0. The number of nitrogens with zero attached hydrogens (tertiary/aromatic N) is 2. The number of allylic oxidation sites excluding steroid dienone is 1. The molecule has 0 unspecified atom stereocenters. The summed E-state index contributed by atoms with van der Waals surface area (Å²) in [5, 5.41) is 12.7. The van der Waals surface area contributed by atoms with Crippen LogP contribution in [0, 0.1) is 0 Å². The quantitative estimate of drug-likeness (QED) is 0.283. The van der Waals surface area contributed by atoms with Gasteiger partial charge in [0.2, 0.25) is 0 Å². The third-order valence-electron chi connectivity index (χ3n) is 4.96. The van der Waals surface area contributed by atoms with Gasteiger partial charge in [-0.1, -0.05) is 47.6 Å². The lowest BCUT2D eigenvalue weighted by atomic mass is 9.78. The van der Waals surface area contributed by atoms with Crippen molar-refractivity contribution in [2.45, 2.75) is 64.4 Å². The zero-order valence-electron chi connectivity index (χ0n) is 19.6. The van der Waals surface area contributed by atoms with Gasteiger partial charge >= 0.3 is 15.2 Å². The molecule has 0 fully saturated rings. The molecule has 0 atom stereocenters. The number of benzene rings is 1. The molecule has 0 saturated carbocycles. The molecule has 1 aromatic carbocycles. The number of thiazole rings is 1. The minimum Gasteiger partial charge on any atom is -0.507 e. The van der Waals surface area contributed by atoms with Crippen molar-refractivity contribution in [2.75, 3.05) is 0 Å². The average molecular weight is 519 g/mol. The Morgan fingerprint density at radius 2 is 1.48 bits per heavy atom. The van der Waals surface area contributed by atoms with Crippen LogP contribution in [0.2, 0.25) is 0 Å². The monoisotopic (exact) mass is 518 g/mol. The van der Waals surface area contributed by atoms with Gasteiger partial charge in [-0.2, -0.15) is 0 Å². The van der Waals surface area contributed by atoms with Crippen molar-refractivity contribution in [3.8, 4) is 17.0 Å². The summed E-state index contributed by atoms with van der Waals surface area (Å²) in [6, 6.07) is 3.69. The van der Waals surface area contributed by atoms with Crippen LogP contribution in [0.1, 0.15) is 52.7 Å². The van der Waals surface area contributed by atoms with E-state index in [4.69, 9.17) is 0 Å². The van der Waals surface area contributed by atoms with Crippen molar-refractivity contribution in [1.29, 1.82) is 0 Å². The first kappa shape index (κ1) is 27.7. The molecule has 33 heavy (non-hydrogen) atoms. The van der Waals surface area contributed by atoms with Gasteiger partial charge in [0.15, 0.2) is 4.80 Å². The summed E-state index contributed by atoms with van der Waals surface area (Å²) in [6.45, 7) is 15.8. The second kappa shape index (κ2) is 9.27. The van der Waals surface area contributed by atoms with E-state index in [0.29, 0.717) is 5.69 Å². The SMILES string of the molecule is C=CCn1c(-c2cc(C(C)(C)C)c(O)c(C(C)(C)C)c2)cs/c1=N\C(P(=O)(O)O)P(=O)(O)O. The summed E-state index contributed by atoms with van der Waals surface area (Å²) in [4.78, 5) is 41.7. The topological polar surface area (TPSA) is 153 Å². The first-order valence-corrected chi connectivity index (χ1v) is 14.3. The van der Waals surface area contributed by atoms with E-state index < -0.39 is 20.7 Å². The Hall–Kier alpha value is -1.51. The molecule has 0 saturated heterocycles. The van der Waals surface area contributed by atoms with Gasteiger partial charge in [0.25, 0.3) is 5.52 Å². The van der Waals surface area contributed by atoms with Gasteiger partial charge in [0.1, 0.15) is 5.75 Å². The van der Waals surface area contributed by atoms with E-state index in [1.807, 2.05) is 53.7 Å². The van der Waals surface area contributed by atoms with Crippen LogP contribution < -0.4 is 4.80 Å². The minimum atomic E-state index is -5.23. The maximum atomic E-state index is 11.7. The first-order valence-electron chi connectivity index (χ1n) is 10.1. The summed E-state index contributed by atoms with van der Waals surface area (Å²) in [5.41, 5.74) is -0.457. The number of phenols is 1. The van der Waals surface area contributed by atoms with Crippen LogP contribution >= 0.6 is 26.5 Å². The molecule has 1 aromatic heterocycles. The number of phenolic OH excluding ortho intramolecular Hbond substituents is 1. The van der Waals surface area contributed by atoms with E-state index in [9.17, 15) is 33.8 Å². The normalized spacial score (nSPS) is 14.2. The molecule has 2 aromatic rings. The third-order valence-corrected chi connectivity index (χ3v) is 9.08. The van der Waals surface area contributed by atoms with Crippen molar-refractivity contribution in [2.24, 2.45) is 4.99 Å². The van der Waals surface area contributed by atoms with E-state index in [2.05, 4.69) is 11.6 Å². The fourth-order valence-electron chi connectivity index (χ4n) is 3.34. The summed E-state index contributed by atoms with van der Waals surface area (Å²) in [5.74, 6) is 0.206. The lowest BCUT2D eigenvalue weighted by Gasteiger charge is -2.28. The van der Waals surface area contributed by atoms with Crippen LogP contribution in [-0.4, -0.2) is 34.8 Å². The highest BCUT2D eigenvalue weighted by molar-refractivity contribution is 7.70. The molecule has 5 N–H and O–H groups in total. The maximum absolute atomic E-state index is 11.7. The maximum Gasteiger partial charge on any atom is 0.362 e. The molecule has 0 aliphatic carbocycles. The van der Waals surface area contributed by atoms with Crippen molar-refractivity contribution in [3.05, 3.63) is 46.1 Å². The van der Waals surface area contributed by atoms with Gasteiger partial charge < -0.3 is 29.2 Å². The highest BCUT2D eigenvalue weighted by atomic mass is 32.1. The molecule has 184 valence electrons. The fraction of sp³-hybridized carbons (Fsp3) is 0.476. The van der Waals surface area contributed by atoms with Crippen LogP contribution in [0.4, 0.5) is 0 Å². The van der Waals surface area contributed by atoms with Crippen LogP contribution in [-0.2, 0) is 26.5 Å². The highest BCUT2D eigenvalue weighted by Gasteiger charge is 2.43. The first-order chi connectivity index (χ1) is 14.8. The summed E-state index contributed by atoms with van der Waals surface area (Å²) in [6.07, 6.45) is 1.55. The number of aromatic nitrogens is 1. The van der Waals surface area contributed by atoms with Crippen molar-refractivity contribution >= 4 is 26.5 Å². The number of hydrogen-bond donors (Lipinski definition) is 5. The Balaban J connectivity index is 2.90. The third kappa shape index (κ3) is 6.34. The molecule has 0 aliphatic rings. The Labute approximate surface area is 197 Å².